The lowest BCUT2D eigenvalue weighted by atomic mass is 10.0. The molecule has 1 atom stereocenters. The summed E-state index contributed by atoms with van der Waals surface area (Å²) in [6.07, 6.45) is 3.52. The minimum atomic E-state index is 0.454. The molecule has 0 radical (unpaired) electrons. The summed E-state index contributed by atoms with van der Waals surface area (Å²) in [4.78, 5) is 0. The molecule has 0 aliphatic carbocycles. The molecule has 0 heterocycles. The van der Waals surface area contributed by atoms with Crippen LogP contribution in [-0.2, 0) is 6.42 Å². The number of hydrogen-bond acceptors (Lipinski definition) is 1. The van der Waals surface area contributed by atoms with Crippen LogP contribution in [0.1, 0.15) is 57.7 Å². The van der Waals surface area contributed by atoms with Crippen molar-refractivity contribution in [3.63, 3.8) is 0 Å². The molecular formula is C15H25N. The van der Waals surface area contributed by atoms with Gasteiger partial charge in [-0.05, 0) is 37.3 Å². The summed E-state index contributed by atoms with van der Waals surface area (Å²) in [6, 6.07) is 10.1. The maximum Gasteiger partial charge on any atom is 0.0294 e. The Bertz CT molecular complexity index is 285. The highest BCUT2D eigenvalue weighted by Gasteiger charge is 2.09. The van der Waals surface area contributed by atoms with Crippen LogP contribution in [0.2, 0.25) is 0 Å². The van der Waals surface area contributed by atoms with Gasteiger partial charge in [0.25, 0.3) is 0 Å². The highest BCUT2D eigenvalue weighted by atomic mass is 14.9. The summed E-state index contributed by atoms with van der Waals surface area (Å²) in [5, 5.41) is 3.67. The molecule has 1 N–H and O–H groups in total. The molecule has 16 heavy (non-hydrogen) atoms. The van der Waals surface area contributed by atoms with E-state index in [2.05, 4.69) is 57.3 Å². The minimum absolute atomic E-state index is 0.454. The Morgan fingerprint density at radius 2 is 1.56 bits per heavy atom. The van der Waals surface area contributed by atoms with E-state index in [0.717, 1.165) is 6.42 Å². The number of benzene rings is 1. The van der Waals surface area contributed by atoms with Crippen molar-refractivity contribution in [3.05, 3.63) is 35.4 Å². The van der Waals surface area contributed by atoms with E-state index in [-0.39, 0.29) is 0 Å². The SMILES string of the molecule is CCc1ccc(C(C)NC(CC)CC)cc1. The molecule has 90 valence electrons. The normalized spacial score (nSPS) is 13.1. The average molecular weight is 219 g/mol. The van der Waals surface area contributed by atoms with E-state index in [0.29, 0.717) is 12.1 Å². The van der Waals surface area contributed by atoms with Gasteiger partial charge in [0.1, 0.15) is 0 Å². The molecule has 0 bridgehead atoms. The van der Waals surface area contributed by atoms with E-state index in [1.54, 1.807) is 0 Å². The standard InChI is InChI=1S/C15H25N/c1-5-13-8-10-14(11-9-13)12(4)16-15(6-2)7-3/h8-12,15-16H,5-7H2,1-4H3. The predicted octanol–water partition coefficient (Wildman–Crippen LogP) is 4.09. The smallest absolute Gasteiger partial charge is 0.0294 e. The lowest BCUT2D eigenvalue weighted by Gasteiger charge is -2.21. The van der Waals surface area contributed by atoms with Crippen LogP contribution in [-0.4, -0.2) is 6.04 Å². The van der Waals surface area contributed by atoms with E-state index in [1.807, 2.05) is 0 Å². The zero-order valence-electron chi connectivity index (χ0n) is 11.1. The van der Waals surface area contributed by atoms with Crippen LogP contribution >= 0.6 is 0 Å². The molecule has 0 fully saturated rings. The molecule has 0 saturated heterocycles. The van der Waals surface area contributed by atoms with Crippen molar-refractivity contribution in [3.8, 4) is 0 Å². The van der Waals surface area contributed by atoms with Gasteiger partial charge in [0, 0.05) is 12.1 Å². The second-order valence-corrected chi connectivity index (χ2v) is 4.50. The van der Waals surface area contributed by atoms with Crippen LogP contribution in [0.3, 0.4) is 0 Å². The van der Waals surface area contributed by atoms with E-state index in [9.17, 15) is 0 Å². The summed E-state index contributed by atoms with van der Waals surface area (Å²) in [6.45, 7) is 8.93. The molecule has 1 heteroatoms. The summed E-state index contributed by atoms with van der Waals surface area (Å²) in [5.41, 5.74) is 2.81. The van der Waals surface area contributed by atoms with Crippen LogP contribution < -0.4 is 5.32 Å². The molecule has 1 nitrogen and oxygen atoms in total. The Hall–Kier alpha value is -0.820. The van der Waals surface area contributed by atoms with Gasteiger partial charge in [-0.3, -0.25) is 0 Å². The number of rotatable bonds is 6. The van der Waals surface area contributed by atoms with Crippen molar-refractivity contribution in [1.29, 1.82) is 0 Å². The van der Waals surface area contributed by atoms with Crippen molar-refractivity contribution in [2.24, 2.45) is 0 Å². The van der Waals surface area contributed by atoms with E-state index < -0.39 is 0 Å². The van der Waals surface area contributed by atoms with Gasteiger partial charge in [-0.1, -0.05) is 45.0 Å². The molecule has 0 amide bonds. The Kier molecular flexibility index (Phi) is 5.54. The number of nitrogens with one attached hydrogen (secondary N) is 1. The van der Waals surface area contributed by atoms with Crippen LogP contribution in [0.15, 0.2) is 24.3 Å². The summed E-state index contributed by atoms with van der Waals surface area (Å²) in [5.74, 6) is 0. The summed E-state index contributed by atoms with van der Waals surface area (Å²) >= 11 is 0. The third-order valence-corrected chi connectivity index (χ3v) is 3.36. The molecule has 1 aromatic rings. The molecule has 1 unspecified atom stereocenters. The number of hydrogen-bond donors (Lipinski definition) is 1. The lowest BCUT2D eigenvalue weighted by molar-refractivity contribution is 0.432. The molecule has 0 aromatic heterocycles. The third-order valence-electron chi connectivity index (χ3n) is 3.36. The van der Waals surface area contributed by atoms with Gasteiger partial charge in [0.2, 0.25) is 0 Å². The van der Waals surface area contributed by atoms with E-state index >= 15 is 0 Å². The van der Waals surface area contributed by atoms with Crippen LogP contribution in [0.5, 0.6) is 0 Å². The zero-order chi connectivity index (χ0) is 12.0. The van der Waals surface area contributed by atoms with Crippen molar-refractivity contribution in [2.75, 3.05) is 0 Å². The molecule has 0 aliphatic rings. The molecule has 0 aliphatic heterocycles. The topological polar surface area (TPSA) is 12.0 Å². The van der Waals surface area contributed by atoms with Crippen molar-refractivity contribution in [1.82, 2.24) is 5.32 Å². The molecule has 1 aromatic carbocycles. The fraction of sp³-hybridized carbons (Fsp3) is 0.600. The van der Waals surface area contributed by atoms with Gasteiger partial charge < -0.3 is 5.32 Å². The zero-order valence-corrected chi connectivity index (χ0v) is 11.1. The van der Waals surface area contributed by atoms with E-state index in [4.69, 9.17) is 0 Å². The minimum Gasteiger partial charge on any atom is -0.307 e. The fourth-order valence-corrected chi connectivity index (χ4v) is 2.02. The first kappa shape index (κ1) is 13.2. The maximum absolute atomic E-state index is 3.67. The summed E-state index contributed by atoms with van der Waals surface area (Å²) < 4.78 is 0. The largest absolute Gasteiger partial charge is 0.307 e. The monoisotopic (exact) mass is 219 g/mol. The van der Waals surface area contributed by atoms with Gasteiger partial charge >= 0.3 is 0 Å². The van der Waals surface area contributed by atoms with Gasteiger partial charge in [0.15, 0.2) is 0 Å². The second-order valence-electron chi connectivity index (χ2n) is 4.50. The first-order valence-corrected chi connectivity index (χ1v) is 6.56. The predicted molar refractivity (Wildman–Crippen MR) is 71.7 cm³/mol. The van der Waals surface area contributed by atoms with Gasteiger partial charge in [0.05, 0.1) is 0 Å². The Morgan fingerprint density at radius 3 is 2.00 bits per heavy atom. The average Bonchev–Trinajstić information content (AvgIpc) is 2.35. The van der Waals surface area contributed by atoms with Crippen molar-refractivity contribution in [2.45, 2.75) is 59.0 Å². The van der Waals surface area contributed by atoms with Crippen molar-refractivity contribution < 1.29 is 0 Å². The first-order valence-electron chi connectivity index (χ1n) is 6.56. The van der Waals surface area contributed by atoms with Gasteiger partial charge in [-0.15, -0.1) is 0 Å². The lowest BCUT2D eigenvalue weighted by Crippen LogP contribution is -2.30. The van der Waals surface area contributed by atoms with Crippen LogP contribution in [0.4, 0.5) is 0 Å². The highest BCUT2D eigenvalue weighted by Crippen LogP contribution is 2.15. The van der Waals surface area contributed by atoms with Gasteiger partial charge in [-0.2, -0.15) is 0 Å². The Labute approximate surface area is 100 Å². The second kappa shape index (κ2) is 6.70. The Balaban J connectivity index is 2.61. The molecular weight excluding hydrogens is 194 g/mol. The summed E-state index contributed by atoms with van der Waals surface area (Å²) in [7, 11) is 0. The van der Waals surface area contributed by atoms with Crippen molar-refractivity contribution >= 4 is 0 Å². The van der Waals surface area contributed by atoms with E-state index in [1.165, 1.54) is 24.0 Å². The van der Waals surface area contributed by atoms with Crippen LogP contribution in [0, 0.1) is 0 Å². The fourth-order valence-electron chi connectivity index (χ4n) is 2.02. The Morgan fingerprint density at radius 1 is 1.00 bits per heavy atom. The molecule has 1 rings (SSSR count). The van der Waals surface area contributed by atoms with Crippen LogP contribution in [0.25, 0.3) is 0 Å². The first-order chi connectivity index (χ1) is 7.71. The third kappa shape index (κ3) is 3.64. The van der Waals surface area contributed by atoms with Gasteiger partial charge in [-0.25, -0.2) is 0 Å². The molecule has 0 saturated carbocycles. The highest BCUT2D eigenvalue weighted by molar-refractivity contribution is 5.24. The maximum atomic E-state index is 3.67. The number of aryl methyl sites for hydroxylation is 1. The molecule has 0 spiro atoms. The quantitative estimate of drug-likeness (QED) is 0.760.